The van der Waals surface area contributed by atoms with Crippen LogP contribution in [0.2, 0.25) is 5.02 Å². The van der Waals surface area contributed by atoms with E-state index < -0.39 is 17.7 Å². The summed E-state index contributed by atoms with van der Waals surface area (Å²) in [5.74, 6) is -1.57. The van der Waals surface area contributed by atoms with Gasteiger partial charge in [-0.3, -0.25) is 0 Å². The van der Waals surface area contributed by atoms with Crippen LogP contribution in [-0.2, 0) is 6.42 Å². The Hall–Kier alpha value is -0.970. The number of aliphatic hydroxyl groups excluding tert-OH is 1. The number of aliphatic hydroxyl groups is 1. The minimum absolute atomic E-state index is 0.0456. The summed E-state index contributed by atoms with van der Waals surface area (Å²) in [5, 5.41) is 10.5. The van der Waals surface area contributed by atoms with E-state index in [0.717, 1.165) is 6.07 Å². The molecule has 0 amide bonds. The van der Waals surface area contributed by atoms with Crippen LogP contribution in [0.1, 0.15) is 17.2 Å². The van der Waals surface area contributed by atoms with Crippen molar-refractivity contribution in [3.8, 4) is 0 Å². The van der Waals surface area contributed by atoms with Crippen molar-refractivity contribution < 1.29 is 13.9 Å². The molecule has 5 heteroatoms. The van der Waals surface area contributed by atoms with Crippen molar-refractivity contribution in [3.05, 3.63) is 68.7 Å². The molecule has 0 bridgehead atoms. The van der Waals surface area contributed by atoms with Crippen molar-refractivity contribution in [2.45, 2.75) is 12.5 Å². The SMILES string of the molecule is OC(Cc1ccccc1Cl)c1c(F)ccc(Br)c1F. The van der Waals surface area contributed by atoms with Gasteiger partial charge in [0, 0.05) is 11.4 Å². The van der Waals surface area contributed by atoms with Crippen LogP contribution in [0.3, 0.4) is 0 Å². The maximum atomic E-state index is 13.8. The Morgan fingerprint density at radius 3 is 2.53 bits per heavy atom. The van der Waals surface area contributed by atoms with Crippen molar-refractivity contribution in [1.82, 2.24) is 0 Å². The quantitative estimate of drug-likeness (QED) is 0.801. The smallest absolute Gasteiger partial charge is 0.146 e. The molecule has 1 N–H and O–H groups in total. The van der Waals surface area contributed by atoms with Crippen molar-refractivity contribution >= 4 is 27.5 Å². The second kappa shape index (κ2) is 5.99. The lowest BCUT2D eigenvalue weighted by Gasteiger charge is -2.14. The molecule has 1 nitrogen and oxygen atoms in total. The van der Waals surface area contributed by atoms with Crippen LogP contribution in [0.5, 0.6) is 0 Å². The molecule has 0 radical (unpaired) electrons. The van der Waals surface area contributed by atoms with Crippen LogP contribution in [0.15, 0.2) is 40.9 Å². The summed E-state index contributed by atoms with van der Waals surface area (Å²) < 4.78 is 27.6. The van der Waals surface area contributed by atoms with Crippen LogP contribution >= 0.6 is 27.5 Å². The highest BCUT2D eigenvalue weighted by Crippen LogP contribution is 2.30. The molecule has 0 saturated carbocycles. The second-order valence-corrected chi connectivity index (χ2v) is 5.33. The number of hydrogen-bond acceptors (Lipinski definition) is 1. The molecule has 2 aromatic carbocycles. The van der Waals surface area contributed by atoms with Gasteiger partial charge in [0.05, 0.1) is 16.1 Å². The van der Waals surface area contributed by atoms with Crippen LogP contribution in [0, 0.1) is 11.6 Å². The zero-order valence-electron chi connectivity index (χ0n) is 9.71. The third-order valence-electron chi connectivity index (χ3n) is 2.78. The van der Waals surface area contributed by atoms with Gasteiger partial charge in [-0.05, 0) is 39.7 Å². The van der Waals surface area contributed by atoms with Crippen LogP contribution < -0.4 is 0 Å². The Bertz CT molecular complexity index is 604. The number of halogens is 4. The van der Waals surface area contributed by atoms with Crippen molar-refractivity contribution in [2.24, 2.45) is 0 Å². The number of hydrogen-bond donors (Lipinski definition) is 1. The van der Waals surface area contributed by atoms with Gasteiger partial charge in [-0.2, -0.15) is 0 Å². The van der Waals surface area contributed by atoms with Crippen LogP contribution in [0.25, 0.3) is 0 Å². The molecule has 0 fully saturated rings. The van der Waals surface area contributed by atoms with E-state index in [-0.39, 0.29) is 16.5 Å². The van der Waals surface area contributed by atoms with Gasteiger partial charge in [-0.25, -0.2) is 8.78 Å². The van der Waals surface area contributed by atoms with Crippen LogP contribution in [-0.4, -0.2) is 5.11 Å². The first-order chi connectivity index (χ1) is 9.00. The minimum Gasteiger partial charge on any atom is -0.388 e. The summed E-state index contributed by atoms with van der Waals surface area (Å²) in [6, 6.07) is 9.24. The first-order valence-corrected chi connectivity index (χ1v) is 6.72. The Morgan fingerprint density at radius 1 is 1.16 bits per heavy atom. The minimum atomic E-state index is -1.29. The standard InChI is InChI=1S/C14H10BrClF2O/c15-9-5-6-11(17)13(14(9)18)12(19)7-8-3-1-2-4-10(8)16/h1-6,12,19H,7H2. The second-order valence-electron chi connectivity index (χ2n) is 4.07. The molecule has 1 atom stereocenters. The molecule has 19 heavy (non-hydrogen) atoms. The first kappa shape index (κ1) is 14.4. The van der Waals surface area contributed by atoms with Gasteiger partial charge in [0.2, 0.25) is 0 Å². The highest BCUT2D eigenvalue weighted by Gasteiger charge is 2.21. The average molecular weight is 348 g/mol. The Balaban J connectivity index is 2.33. The highest BCUT2D eigenvalue weighted by atomic mass is 79.9. The third-order valence-corrected chi connectivity index (χ3v) is 3.76. The lowest BCUT2D eigenvalue weighted by molar-refractivity contribution is 0.168. The fourth-order valence-electron chi connectivity index (χ4n) is 1.82. The van der Waals surface area contributed by atoms with Crippen LogP contribution in [0.4, 0.5) is 8.78 Å². The van der Waals surface area contributed by atoms with E-state index in [1.807, 2.05) is 0 Å². The molecule has 0 aromatic heterocycles. The van der Waals surface area contributed by atoms with E-state index in [1.165, 1.54) is 6.07 Å². The monoisotopic (exact) mass is 346 g/mol. The van der Waals surface area contributed by atoms with Gasteiger partial charge < -0.3 is 5.11 Å². The molecule has 100 valence electrons. The molecule has 0 saturated heterocycles. The predicted octanol–water partition coefficient (Wildman–Crippen LogP) is 4.66. The van der Waals surface area contributed by atoms with E-state index in [0.29, 0.717) is 10.6 Å². The van der Waals surface area contributed by atoms with Crippen molar-refractivity contribution in [3.63, 3.8) is 0 Å². The molecular formula is C14H10BrClF2O. The Kier molecular flexibility index (Phi) is 4.55. The summed E-state index contributed by atoms with van der Waals surface area (Å²) >= 11 is 8.93. The normalized spacial score (nSPS) is 12.5. The van der Waals surface area contributed by atoms with E-state index in [1.54, 1.807) is 24.3 Å². The summed E-state index contributed by atoms with van der Waals surface area (Å²) in [6.45, 7) is 0. The molecule has 0 spiro atoms. The van der Waals surface area contributed by atoms with E-state index in [4.69, 9.17) is 11.6 Å². The largest absolute Gasteiger partial charge is 0.388 e. The molecule has 0 aliphatic rings. The molecule has 0 aliphatic heterocycles. The van der Waals surface area contributed by atoms with Crippen molar-refractivity contribution in [2.75, 3.05) is 0 Å². The fraction of sp³-hybridized carbons (Fsp3) is 0.143. The van der Waals surface area contributed by atoms with Gasteiger partial charge in [0.25, 0.3) is 0 Å². The predicted molar refractivity (Wildman–Crippen MR) is 74.2 cm³/mol. The van der Waals surface area contributed by atoms with Gasteiger partial charge >= 0.3 is 0 Å². The summed E-state index contributed by atoms with van der Waals surface area (Å²) in [7, 11) is 0. The van der Waals surface area contributed by atoms with E-state index in [2.05, 4.69) is 15.9 Å². The molecule has 2 aromatic rings. The maximum Gasteiger partial charge on any atom is 0.146 e. The zero-order chi connectivity index (χ0) is 14.0. The van der Waals surface area contributed by atoms with Gasteiger partial charge in [0.15, 0.2) is 0 Å². The molecule has 0 aliphatic carbocycles. The number of benzene rings is 2. The maximum absolute atomic E-state index is 13.8. The molecule has 1 unspecified atom stereocenters. The van der Waals surface area contributed by atoms with Crippen molar-refractivity contribution in [1.29, 1.82) is 0 Å². The van der Waals surface area contributed by atoms with Gasteiger partial charge in [-0.1, -0.05) is 29.8 Å². The topological polar surface area (TPSA) is 20.2 Å². The average Bonchev–Trinajstić information content (AvgIpc) is 2.37. The summed E-state index contributed by atoms with van der Waals surface area (Å²) in [6.07, 6.45) is -1.25. The fourth-order valence-corrected chi connectivity index (χ4v) is 2.38. The third kappa shape index (κ3) is 3.14. The lowest BCUT2D eigenvalue weighted by atomic mass is 10.0. The molecule has 0 heterocycles. The van der Waals surface area contributed by atoms with E-state index in [9.17, 15) is 13.9 Å². The lowest BCUT2D eigenvalue weighted by Crippen LogP contribution is -2.08. The first-order valence-electron chi connectivity index (χ1n) is 5.55. The highest BCUT2D eigenvalue weighted by molar-refractivity contribution is 9.10. The Morgan fingerprint density at radius 2 is 1.84 bits per heavy atom. The molecule has 2 rings (SSSR count). The zero-order valence-corrected chi connectivity index (χ0v) is 12.0. The summed E-state index contributed by atoms with van der Waals surface area (Å²) in [4.78, 5) is 0. The Labute approximate surface area is 123 Å². The van der Waals surface area contributed by atoms with E-state index >= 15 is 0 Å². The number of rotatable bonds is 3. The molecular weight excluding hydrogens is 338 g/mol. The van der Waals surface area contributed by atoms with Gasteiger partial charge in [0.1, 0.15) is 11.6 Å². The van der Waals surface area contributed by atoms with Gasteiger partial charge in [-0.15, -0.1) is 0 Å². The summed E-state index contributed by atoms with van der Waals surface area (Å²) in [5.41, 5.74) is 0.282.